The van der Waals surface area contributed by atoms with E-state index in [1.165, 1.54) is 0 Å². The summed E-state index contributed by atoms with van der Waals surface area (Å²) in [7, 11) is 1.58. The standard InChI is InChI=1S/C16H16BrIN2O3/c1-22-15-9-11(8-14(18)16(15)23-7-6-21)10-19-20-13-4-2-12(17)3-5-13/h2-5,8-10,20-21H,6-7H2,1H3/b19-10-. The number of methoxy groups -OCH3 is 1. The molecule has 0 heterocycles. The summed E-state index contributed by atoms with van der Waals surface area (Å²) in [5, 5.41) is 13.1. The number of rotatable bonds is 7. The predicted octanol–water partition coefficient (Wildman–Crippen LogP) is 3.88. The van der Waals surface area contributed by atoms with E-state index in [0.717, 1.165) is 19.3 Å². The van der Waals surface area contributed by atoms with Gasteiger partial charge in [-0.05, 0) is 64.6 Å². The molecule has 23 heavy (non-hydrogen) atoms. The molecule has 2 aromatic rings. The largest absolute Gasteiger partial charge is 0.493 e. The third kappa shape index (κ3) is 5.36. The van der Waals surface area contributed by atoms with Gasteiger partial charge in [-0.2, -0.15) is 5.10 Å². The van der Waals surface area contributed by atoms with Crippen molar-refractivity contribution in [2.45, 2.75) is 0 Å². The van der Waals surface area contributed by atoms with Gasteiger partial charge in [-0.15, -0.1) is 0 Å². The molecule has 0 fully saturated rings. The third-order valence-electron chi connectivity index (χ3n) is 2.84. The first kappa shape index (κ1) is 18.0. The Morgan fingerprint density at radius 1 is 1.30 bits per heavy atom. The Kier molecular flexibility index (Phi) is 7.13. The average Bonchev–Trinajstić information content (AvgIpc) is 2.55. The minimum atomic E-state index is -0.0421. The Labute approximate surface area is 157 Å². The van der Waals surface area contributed by atoms with Crippen LogP contribution in [0.3, 0.4) is 0 Å². The predicted molar refractivity (Wildman–Crippen MR) is 104 cm³/mol. The summed E-state index contributed by atoms with van der Waals surface area (Å²) in [6, 6.07) is 11.5. The van der Waals surface area contributed by atoms with Gasteiger partial charge in [-0.3, -0.25) is 5.43 Å². The lowest BCUT2D eigenvalue weighted by molar-refractivity contribution is 0.195. The summed E-state index contributed by atoms with van der Waals surface area (Å²) in [4.78, 5) is 0. The van der Waals surface area contributed by atoms with E-state index in [9.17, 15) is 0 Å². The van der Waals surface area contributed by atoms with Crippen molar-refractivity contribution < 1.29 is 14.6 Å². The highest BCUT2D eigenvalue weighted by Gasteiger charge is 2.10. The summed E-state index contributed by atoms with van der Waals surface area (Å²) in [6.45, 7) is 0.185. The lowest BCUT2D eigenvalue weighted by Crippen LogP contribution is -2.05. The fourth-order valence-corrected chi connectivity index (χ4v) is 2.85. The molecule has 0 aromatic heterocycles. The molecule has 122 valence electrons. The smallest absolute Gasteiger partial charge is 0.174 e. The van der Waals surface area contributed by atoms with Gasteiger partial charge in [0.05, 0.1) is 29.2 Å². The highest BCUT2D eigenvalue weighted by Crippen LogP contribution is 2.33. The van der Waals surface area contributed by atoms with Crippen LogP contribution in [0.15, 0.2) is 46.0 Å². The monoisotopic (exact) mass is 490 g/mol. The van der Waals surface area contributed by atoms with Crippen LogP contribution in [0, 0.1) is 3.57 Å². The summed E-state index contributed by atoms with van der Waals surface area (Å²) >= 11 is 5.56. The Morgan fingerprint density at radius 3 is 2.70 bits per heavy atom. The van der Waals surface area contributed by atoms with E-state index in [4.69, 9.17) is 14.6 Å². The molecule has 5 nitrogen and oxygen atoms in total. The molecule has 0 aliphatic rings. The number of hydrazone groups is 1. The van der Waals surface area contributed by atoms with Gasteiger partial charge in [0.1, 0.15) is 6.61 Å². The van der Waals surface area contributed by atoms with Gasteiger partial charge in [-0.25, -0.2) is 0 Å². The lowest BCUT2D eigenvalue weighted by Gasteiger charge is -2.12. The lowest BCUT2D eigenvalue weighted by atomic mass is 10.2. The van der Waals surface area contributed by atoms with Crippen LogP contribution in [-0.4, -0.2) is 31.6 Å². The number of nitrogens with one attached hydrogen (secondary N) is 1. The number of hydrogen-bond donors (Lipinski definition) is 2. The second-order valence-corrected chi connectivity index (χ2v) is 6.56. The van der Waals surface area contributed by atoms with Crippen molar-refractivity contribution in [3.05, 3.63) is 50.0 Å². The van der Waals surface area contributed by atoms with E-state index in [-0.39, 0.29) is 13.2 Å². The van der Waals surface area contributed by atoms with E-state index >= 15 is 0 Å². The van der Waals surface area contributed by atoms with E-state index in [1.54, 1.807) is 13.3 Å². The van der Waals surface area contributed by atoms with Gasteiger partial charge in [0.15, 0.2) is 11.5 Å². The van der Waals surface area contributed by atoms with Crippen LogP contribution >= 0.6 is 38.5 Å². The number of halogens is 2. The minimum absolute atomic E-state index is 0.0421. The minimum Gasteiger partial charge on any atom is -0.493 e. The quantitative estimate of drug-likeness (QED) is 0.351. The van der Waals surface area contributed by atoms with Gasteiger partial charge in [-0.1, -0.05) is 15.9 Å². The zero-order valence-corrected chi connectivity index (χ0v) is 16.2. The Balaban J connectivity index is 2.11. The van der Waals surface area contributed by atoms with Crippen molar-refractivity contribution in [1.82, 2.24) is 0 Å². The topological polar surface area (TPSA) is 63.1 Å². The number of anilines is 1. The molecule has 0 unspecified atom stereocenters. The first-order chi connectivity index (χ1) is 11.1. The van der Waals surface area contributed by atoms with Crippen LogP contribution < -0.4 is 14.9 Å². The van der Waals surface area contributed by atoms with E-state index < -0.39 is 0 Å². The second kappa shape index (κ2) is 9.09. The maximum absolute atomic E-state index is 8.88. The van der Waals surface area contributed by atoms with Crippen molar-refractivity contribution in [3.63, 3.8) is 0 Å². The summed E-state index contributed by atoms with van der Waals surface area (Å²) in [5.41, 5.74) is 4.75. The number of aliphatic hydroxyl groups excluding tert-OH is 1. The van der Waals surface area contributed by atoms with Gasteiger partial charge in [0.2, 0.25) is 0 Å². The van der Waals surface area contributed by atoms with E-state index in [0.29, 0.717) is 11.5 Å². The Bertz CT molecular complexity index is 678. The fourth-order valence-electron chi connectivity index (χ4n) is 1.81. The SMILES string of the molecule is COc1cc(/C=N\Nc2ccc(Br)cc2)cc(I)c1OCCO. The van der Waals surface area contributed by atoms with E-state index in [2.05, 4.69) is 49.0 Å². The number of nitrogens with zero attached hydrogens (tertiary/aromatic N) is 1. The molecular formula is C16H16BrIN2O3. The number of hydrogen-bond acceptors (Lipinski definition) is 5. The molecule has 0 radical (unpaired) electrons. The molecule has 7 heteroatoms. The molecule has 0 saturated heterocycles. The van der Waals surface area contributed by atoms with Gasteiger partial charge in [0, 0.05) is 4.47 Å². The Morgan fingerprint density at radius 2 is 2.04 bits per heavy atom. The second-order valence-electron chi connectivity index (χ2n) is 4.48. The molecule has 2 N–H and O–H groups in total. The summed E-state index contributed by atoms with van der Waals surface area (Å²) < 4.78 is 12.8. The van der Waals surface area contributed by atoms with E-state index in [1.807, 2.05) is 36.4 Å². The first-order valence-corrected chi connectivity index (χ1v) is 8.67. The number of aliphatic hydroxyl groups is 1. The molecule has 2 aromatic carbocycles. The van der Waals surface area contributed by atoms with Gasteiger partial charge >= 0.3 is 0 Å². The van der Waals surface area contributed by atoms with Crippen molar-refractivity contribution in [2.24, 2.45) is 5.10 Å². The molecule has 0 saturated carbocycles. The molecule has 0 aliphatic carbocycles. The third-order valence-corrected chi connectivity index (χ3v) is 4.17. The van der Waals surface area contributed by atoms with Crippen LogP contribution in [0.2, 0.25) is 0 Å². The molecule has 0 atom stereocenters. The van der Waals surface area contributed by atoms with Crippen molar-refractivity contribution in [3.8, 4) is 11.5 Å². The first-order valence-electron chi connectivity index (χ1n) is 6.80. The number of ether oxygens (including phenoxy) is 2. The Hall–Kier alpha value is -1.32. The molecule has 0 amide bonds. The average molecular weight is 491 g/mol. The maximum Gasteiger partial charge on any atom is 0.174 e. The molecule has 0 spiro atoms. The molecule has 0 aliphatic heterocycles. The zero-order valence-electron chi connectivity index (χ0n) is 12.4. The van der Waals surface area contributed by atoms with Gasteiger partial charge < -0.3 is 14.6 Å². The molecule has 0 bridgehead atoms. The highest BCUT2D eigenvalue weighted by atomic mass is 127. The fraction of sp³-hybridized carbons (Fsp3) is 0.188. The van der Waals surface area contributed by atoms with Crippen LogP contribution in [0.1, 0.15) is 5.56 Å². The summed E-state index contributed by atoms with van der Waals surface area (Å²) in [5.74, 6) is 1.23. The van der Waals surface area contributed by atoms with Crippen LogP contribution in [-0.2, 0) is 0 Å². The number of benzene rings is 2. The van der Waals surface area contributed by atoms with Crippen molar-refractivity contribution in [2.75, 3.05) is 25.7 Å². The van der Waals surface area contributed by atoms with Crippen LogP contribution in [0.25, 0.3) is 0 Å². The van der Waals surface area contributed by atoms with Crippen LogP contribution in [0.4, 0.5) is 5.69 Å². The van der Waals surface area contributed by atoms with Gasteiger partial charge in [0.25, 0.3) is 0 Å². The normalized spacial score (nSPS) is 10.8. The highest BCUT2D eigenvalue weighted by molar-refractivity contribution is 14.1. The van der Waals surface area contributed by atoms with Crippen molar-refractivity contribution in [1.29, 1.82) is 0 Å². The maximum atomic E-state index is 8.88. The summed E-state index contributed by atoms with van der Waals surface area (Å²) in [6.07, 6.45) is 1.71. The van der Waals surface area contributed by atoms with Crippen LogP contribution in [0.5, 0.6) is 11.5 Å². The van der Waals surface area contributed by atoms with Crippen molar-refractivity contribution >= 4 is 50.4 Å². The molecule has 2 rings (SSSR count). The molecular weight excluding hydrogens is 475 g/mol. The zero-order chi connectivity index (χ0) is 16.7.